The van der Waals surface area contributed by atoms with E-state index in [1.165, 1.54) is 133 Å². The summed E-state index contributed by atoms with van der Waals surface area (Å²) >= 11 is 0. The summed E-state index contributed by atoms with van der Waals surface area (Å²) in [6, 6.07) is 22.3. The van der Waals surface area contributed by atoms with Crippen LogP contribution in [0.3, 0.4) is 0 Å². The van der Waals surface area contributed by atoms with E-state index in [0.717, 1.165) is 6.42 Å². The number of nitrogens with zero attached hydrogens (tertiary/aromatic N) is 1. The molecule has 0 amide bonds. The Morgan fingerprint density at radius 2 is 1.10 bits per heavy atom. The Morgan fingerprint density at radius 1 is 0.634 bits per heavy atom. The second-order valence-electron chi connectivity index (χ2n) is 12.9. The number of imidazole rings is 1. The molecule has 0 aliphatic carbocycles. The number of aromatic amines is 1. The molecule has 3 rings (SSSR count). The van der Waals surface area contributed by atoms with E-state index in [0.29, 0.717) is 5.92 Å². The van der Waals surface area contributed by atoms with Gasteiger partial charge in [0.25, 0.3) is 5.82 Å². The maximum absolute atomic E-state index is 3.64. The molecule has 2 heteroatoms. The smallest absolute Gasteiger partial charge is 0.247 e. The SMILES string of the molecule is CCCCCCCCCCCCCCCCCCCC(c1[nH]cc[n+]1C)C(C)(Cc1ccccc1)c1ccccc1. The predicted molar refractivity (Wildman–Crippen MR) is 177 cm³/mol. The highest BCUT2D eigenvalue weighted by atomic mass is 15.0. The largest absolute Gasteiger partial charge is 0.258 e. The molecule has 2 nitrogen and oxygen atoms in total. The van der Waals surface area contributed by atoms with Crippen molar-refractivity contribution < 1.29 is 4.57 Å². The Labute approximate surface area is 253 Å². The molecule has 0 fully saturated rings. The number of aromatic nitrogens is 2. The van der Waals surface area contributed by atoms with Crippen LogP contribution in [0.15, 0.2) is 73.1 Å². The molecule has 0 bridgehead atoms. The predicted octanol–water partition coefficient (Wildman–Crippen LogP) is 11.2. The summed E-state index contributed by atoms with van der Waals surface area (Å²) in [6.07, 6.45) is 30.7. The molecule has 2 aromatic carbocycles. The van der Waals surface area contributed by atoms with Crippen molar-refractivity contribution in [3.63, 3.8) is 0 Å². The molecule has 0 saturated heterocycles. The topological polar surface area (TPSA) is 19.7 Å². The molecule has 226 valence electrons. The lowest BCUT2D eigenvalue weighted by Gasteiger charge is -2.37. The van der Waals surface area contributed by atoms with E-state index in [4.69, 9.17) is 0 Å². The minimum Gasteiger partial charge on any atom is -0.247 e. The Kier molecular flexibility index (Phi) is 15.9. The molecule has 3 aromatic rings. The van der Waals surface area contributed by atoms with Crippen molar-refractivity contribution in [2.24, 2.45) is 7.05 Å². The first-order valence-electron chi connectivity index (χ1n) is 17.3. The fourth-order valence-electron chi connectivity index (χ4n) is 6.86. The highest BCUT2D eigenvalue weighted by molar-refractivity contribution is 5.32. The average Bonchev–Trinajstić information content (AvgIpc) is 3.42. The zero-order valence-electron chi connectivity index (χ0n) is 26.9. The number of benzene rings is 2. The van der Waals surface area contributed by atoms with Crippen molar-refractivity contribution in [1.29, 1.82) is 0 Å². The van der Waals surface area contributed by atoms with Crippen molar-refractivity contribution in [2.75, 3.05) is 0 Å². The summed E-state index contributed by atoms with van der Waals surface area (Å²) in [4.78, 5) is 3.64. The van der Waals surface area contributed by atoms with Crippen LogP contribution in [-0.2, 0) is 18.9 Å². The van der Waals surface area contributed by atoms with Crippen LogP contribution in [0, 0.1) is 0 Å². The van der Waals surface area contributed by atoms with Crippen LogP contribution in [-0.4, -0.2) is 4.98 Å². The van der Waals surface area contributed by atoms with Gasteiger partial charge in [0.2, 0.25) is 0 Å². The maximum atomic E-state index is 3.64. The van der Waals surface area contributed by atoms with Crippen LogP contribution in [0.5, 0.6) is 0 Å². The molecule has 0 spiro atoms. The summed E-state index contributed by atoms with van der Waals surface area (Å²) in [6.45, 7) is 4.80. The van der Waals surface area contributed by atoms with Gasteiger partial charge in [-0.25, -0.2) is 9.55 Å². The van der Waals surface area contributed by atoms with E-state index in [-0.39, 0.29) is 5.41 Å². The first-order valence-corrected chi connectivity index (χ1v) is 17.3. The number of aryl methyl sites for hydroxylation is 1. The normalized spacial score (nSPS) is 13.7. The fourth-order valence-corrected chi connectivity index (χ4v) is 6.86. The molecule has 2 unspecified atom stereocenters. The lowest BCUT2D eigenvalue weighted by molar-refractivity contribution is -0.679. The highest BCUT2D eigenvalue weighted by Gasteiger charge is 2.41. The van der Waals surface area contributed by atoms with Gasteiger partial charge in [0.15, 0.2) is 0 Å². The lowest BCUT2D eigenvalue weighted by atomic mass is 9.66. The third-order valence-electron chi connectivity index (χ3n) is 9.45. The number of hydrogen-bond donors (Lipinski definition) is 1. The second kappa shape index (κ2) is 19.7. The Morgan fingerprint density at radius 3 is 1.56 bits per heavy atom. The van der Waals surface area contributed by atoms with Crippen molar-refractivity contribution in [3.05, 3.63) is 90.0 Å². The van der Waals surface area contributed by atoms with Gasteiger partial charge in [-0.05, 0) is 24.0 Å². The molecule has 1 heterocycles. The Bertz CT molecular complexity index is 1020. The van der Waals surface area contributed by atoms with Crippen LogP contribution in [0.2, 0.25) is 0 Å². The number of unbranched alkanes of at least 4 members (excludes halogenated alkanes) is 16. The molecule has 41 heavy (non-hydrogen) atoms. The van der Waals surface area contributed by atoms with Crippen LogP contribution >= 0.6 is 0 Å². The Hall–Kier alpha value is -2.35. The molecule has 0 radical (unpaired) electrons. The second-order valence-corrected chi connectivity index (χ2v) is 12.9. The van der Waals surface area contributed by atoms with E-state index in [1.54, 1.807) is 0 Å². The van der Waals surface area contributed by atoms with Crippen LogP contribution < -0.4 is 4.57 Å². The highest BCUT2D eigenvalue weighted by Crippen LogP contribution is 2.43. The summed E-state index contributed by atoms with van der Waals surface area (Å²) in [7, 11) is 2.20. The quantitative estimate of drug-likeness (QED) is 0.0883. The van der Waals surface area contributed by atoms with Gasteiger partial charge in [0.1, 0.15) is 12.4 Å². The van der Waals surface area contributed by atoms with Gasteiger partial charge < -0.3 is 0 Å². The van der Waals surface area contributed by atoms with Gasteiger partial charge in [-0.3, -0.25) is 0 Å². The summed E-state index contributed by atoms with van der Waals surface area (Å²) in [5.41, 5.74) is 2.87. The number of nitrogens with one attached hydrogen (secondary N) is 1. The summed E-state index contributed by atoms with van der Waals surface area (Å²) in [5.74, 6) is 1.78. The van der Waals surface area contributed by atoms with E-state index < -0.39 is 0 Å². The molecule has 1 aromatic heterocycles. The van der Waals surface area contributed by atoms with Crippen molar-refractivity contribution >= 4 is 0 Å². The first-order chi connectivity index (χ1) is 20.1. The minimum absolute atomic E-state index is 0.0142. The van der Waals surface area contributed by atoms with Crippen molar-refractivity contribution in [1.82, 2.24) is 4.98 Å². The maximum Gasteiger partial charge on any atom is 0.258 e. The van der Waals surface area contributed by atoms with Gasteiger partial charge in [0, 0.05) is 5.41 Å². The van der Waals surface area contributed by atoms with Gasteiger partial charge in [0.05, 0.1) is 13.0 Å². The van der Waals surface area contributed by atoms with E-state index in [2.05, 4.69) is 104 Å². The van der Waals surface area contributed by atoms with Gasteiger partial charge in [-0.15, -0.1) is 0 Å². The Balaban J connectivity index is 1.40. The third kappa shape index (κ3) is 11.8. The molecule has 1 N–H and O–H groups in total. The number of hydrogen-bond acceptors (Lipinski definition) is 0. The van der Waals surface area contributed by atoms with Gasteiger partial charge in [-0.1, -0.05) is 184 Å². The van der Waals surface area contributed by atoms with E-state index in [9.17, 15) is 0 Å². The van der Waals surface area contributed by atoms with Crippen LogP contribution in [0.25, 0.3) is 0 Å². The molecule has 0 aliphatic heterocycles. The van der Waals surface area contributed by atoms with Crippen molar-refractivity contribution in [2.45, 2.75) is 147 Å². The van der Waals surface area contributed by atoms with E-state index >= 15 is 0 Å². The number of rotatable bonds is 23. The summed E-state index contributed by atoms with van der Waals surface area (Å²) in [5, 5.41) is 0. The van der Waals surface area contributed by atoms with Gasteiger partial charge in [-0.2, -0.15) is 0 Å². The zero-order valence-corrected chi connectivity index (χ0v) is 26.9. The lowest BCUT2D eigenvalue weighted by Crippen LogP contribution is -2.41. The van der Waals surface area contributed by atoms with Crippen LogP contribution in [0.1, 0.15) is 152 Å². The standard InChI is InChI=1S/C39H60N2/c1-4-5-6-7-8-9-10-11-12-13-14-15-16-17-18-19-26-31-37(38-40-32-33-41(38)3)39(2,36-29-24-21-25-30-36)34-35-27-22-20-23-28-35/h20-25,27-30,32-33,37H,4-19,26,31,34H2,1-3H3/p+1. The molecule has 0 aliphatic rings. The van der Waals surface area contributed by atoms with E-state index in [1.807, 2.05) is 0 Å². The molecule has 2 atom stereocenters. The number of H-pyrrole nitrogens is 1. The fraction of sp³-hybridized carbons (Fsp3) is 0.615. The van der Waals surface area contributed by atoms with Gasteiger partial charge >= 0.3 is 0 Å². The van der Waals surface area contributed by atoms with Crippen LogP contribution in [0.4, 0.5) is 0 Å². The molecular formula is C39H61N2+. The average molecular weight is 558 g/mol. The molecular weight excluding hydrogens is 496 g/mol. The molecule has 0 saturated carbocycles. The first kappa shape index (κ1) is 33.2. The minimum atomic E-state index is 0.0142. The zero-order chi connectivity index (χ0) is 29.0. The van der Waals surface area contributed by atoms with Crippen molar-refractivity contribution in [3.8, 4) is 0 Å². The monoisotopic (exact) mass is 557 g/mol. The summed E-state index contributed by atoms with van der Waals surface area (Å²) < 4.78 is 2.31. The third-order valence-corrected chi connectivity index (χ3v) is 9.45.